The minimum Gasteiger partial charge on any atom is -0.295 e. The van der Waals surface area contributed by atoms with Crippen LogP contribution in [0.3, 0.4) is 0 Å². The largest absolute Gasteiger partial charge is 0.295 e. The number of nitrogens with zero attached hydrogens (tertiary/aromatic N) is 2. The Balaban J connectivity index is 1.85. The molecule has 0 saturated heterocycles. The van der Waals surface area contributed by atoms with Crippen LogP contribution in [0, 0.1) is 11.7 Å². The van der Waals surface area contributed by atoms with Gasteiger partial charge in [-0.05, 0) is 54.2 Å². The molecule has 0 radical (unpaired) electrons. The van der Waals surface area contributed by atoms with Gasteiger partial charge in [-0.25, -0.2) is 4.39 Å². The number of aromatic amines is 1. The van der Waals surface area contributed by atoms with Crippen molar-refractivity contribution in [3.8, 4) is 0 Å². The molecule has 4 rings (SSSR count). The van der Waals surface area contributed by atoms with E-state index in [1.165, 1.54) is 17.7 Å². The highest BCUT2D eigenvalue weighted by molar-refractivity contribution is 6.10. The molecule has 0 saturated carbocycles. The standard InChI is InChI=1S/C23H24FN3O/c1-4-15-5-11-18(12-6-15)27-22(16-7-9-17(24)10-8-16)20-19(13-14(2)3)25-26-21(20)23(27)28/h5-12,14,22H,4,13H2,1-3H3,(H,25,26). The molecule has 1 N–H and O–H groups in total. The van der Waals surface area contributed by atoms with Gasteiger partial charge >= 0.3 is 0 Å². The van der Waals surface area contributed by atoms with E-state index in [1.807, 2.05) is 24.3 Å². The van der Waals surface area contributed by atoms with E-state index < -0.39 is 0 Å². The Morgan fingerprint density at radius 1 is 1.11 bits per heavy atom. The van der Waals surface area contributed by atoms with Crippen LogP contribution < -0.4 is 4.90 Å². The van der Waals surface area contributed by atoms with Crippen molar-refractivity contribution in [1.82, 2.24) is 10.2 Å². The zero-order chi connectivity index (χ0) is 19.8. The van der Waals surface area contributed by atoms with Crippen molar-refractivity contribution >= 4 is 11.6 Å². The van der Waals surface area contributed by atoms with E-state index in [0.29, 0.717) is 11.6 Å². The Morgan fingerprint density at radius 2 is 1.79 bits per heavy atom. The van der Waals surface area contributed by atoms with E-state index in [4.69, 9.17) is 0 Å². The van der Waals surface area contributed by atoms with Gasteiger partial charge in [0.25, 0.3) is 5.91 Å². The number of carbonyl (C=O) groups is 1. The summed E-state index contributed by atoms with van der Waals surface area (Å²) in [6.45, 7) is 6.38. The van der Waals surface area contributed by atoms with Gasteiger partial charge in [0.05, 0.1) is 6.04 Å². The van der Waals surface area contributed by atoms with Crippen molar-refractivity contribution in [3.63, 3.8) is 0 Å². The maximum absolute atomic E-state index is 13.5. The maximum Gasteiger partial charge on any atom is 0.279 e. The Labute approximate surface area is 164 Å². The monoisotopic (exact) mass is 377 g/mol. The molecule has 1 aromatic heterocycles. The van der Waals surface area contributed by atoms with Crippen LogP contribution in [0.25, 0.3) is 0 Å². The van der Waals surface area contributed by atoms with Crippen molar-refractivity contribution < 1.29 is 9.18 Å². The molecule has 1 amide bonds. The average molecular weight is 377 g/mol. The summed E-state index contributed by atoms with van der Waals surface area (Å²) >= 11 is 0. The molecule has 1 unspecified atom stereocenters. The smallest absolute Gasteiger partial charge is 0.279 e. The molecule has 2 heterocycles. The van der Waals surface area contributed by atoms with Crippen LogP contribution in [0.5, 0.6) is 0 Å². The summed E-state index contributed by atoms with van der Waals surface area (Å²) in [5.74, 6) is 0.00739. The second kappa shape index (κ2) is 7.23. The lowest BCUT2D eigenvalue weighted by atomic mass is 9.95. The number of fused-ring (bicyclic) bond motifs is 1. The van der Waals surface area contributed by atoms with Crippen LogP contribution in [0.2, 0.25) is 0 Å². The highest BCUT2D eigenvalue weighted by atomic mass is 19.1. The van der Waals surface area contributed by atoms with Crippen LogP contribution in [0.15, 0.2) is 48.5 Å². The van der Waals surface area contributed by atoms with Crippen LogP contribution >= 0.6 is 0 Å². The van der Waals surface area contributed by atoms with Crippen LogP contribution in [-0.4, -0.2) is 16.1 Å². The molecule has 0 spiro atoms. The molecule has 1 atom stereocenters. The summed E-state index contributed by atoms with van der Waals surface area (Å²) < 4.78 is 13.5. The summed E-state index contributed by atoms with van der Waals surface area (Å²) in [6.07, 6.45) is 1.74. The van der Waals surface area contributed by atoms with Crippen LogP contribution in [0.4, 0.5) is 10.1 Å². The Hall–Kier alpha value is -2.95. The molecule has 1 aliphatic rings. The second-order valence-corrected chi connectivity index (χ2v) is 7.71. The number of hydrogen-bond donors (Lipinski definition) is 1. The van der Waals surface area contributed by atoms with E-state index in [2.05, 4.69) is 31.0 Å². The van der Waals surface area contributed by atoms with Gasteiger partial charge in [-0.1, -0.05) is 45.0 Å². The molecule has 28 heavy (non-hydrogen) atoms. The van der Waals surface area contributed by atoms with Gasteiger partial charge in [0.1, 0.15) is 5.82 Å². The fraction of sp³-hybridized carbons (Fsp3) is 0.304. The number of anilines is 1. The predicted molar refractivity (Wildman–Crippen MR) is 108 cm³/mol. The van der Waals surface area contributed by atoms with Crippen LogP contribution in [0.1, 0.15) is 59.7 Å². The van der Waals surface area contributed by atoms with E-state index in [9.17, 15) is 9.18 Å². The highest BCUT2D eigenvalue weighted by Gasteiger charge is 2.43. The number of H-pyrrole nitrogens is 1. The lowest BCUT2D eigenvalue weighted by Crippen LogP contribution is -2.29. The van der Waals surface area contributed by atoms with Gasteiger partial charge in [-0.15, -0.1) is 0 Å². The first kappa shape index (κ1) is 18.4. The molecule has 0 fully saturated rings. The molecular weight excluding hydrogens is 353 g/mol. The predicted octanol–water partition coefficient (Wildman–Crippen LogP) is 5.06. The second-order valence-electron chi connectivity index (χ2n) is 7.71. The third-order valence-electron chi connectivity index (χ3n) is 5.26. The highest BCUT2D eigenvalue weighted by Crippen LogP contribution is 2.42. The Bertz CT molecular complexity index is 990. The number of benzene rings is 2. The number of halogens is 1. The van der Waals surface area contributed by atoms with Gasteiger partial charge < -0.3 is 0 Å². The molecule has 1 aliphatic heterocycles. The number of carbonyl (C=O) groups excluding carboxylic acids is 1. The fourth-order valence-corrected chi connectivity index (χ4v) is 3.89. The summed E-state index contributed by atoms with van der Waals surface area (Å²) in [4.78, 5) is 15.1. The van der Waals surface area contributed by atoms with Crippen LogP contribution in [-0.2, 0) is 12.8 Å². The molecule has 4 nitrogen and oxygen atoms in total. The molecule has 5 heteroatoms. The quantitative estimate of drug-likeness (QED) is 0.676. The average Bonchev–Trinajstić information content (AvgIpc) is 3.21. The SMILES string of the molecule is CCc1ccc(N2C(=O)c3n[nH]c(CC(C)C)c3C2c2ccc(F)cc2)cc1. The minimum atomic E-state index is -0.317. The van der Waals surface area contributed by atoms with Crippen molar-refractivity contribution in [1.29, 1.82) is 0 Å². The summed E-state index contributed by atoms with van der Waals surface area (Å²) in [7, 11) is 0. The zero-order valence-electron chi connectivity index (χ0n) is 16.4. The first-order valence-electron chi connectivity index (χ1n) is 9.74. The van der Waals surface area contributed by atoms with Gasteiger partial charge in [-0.2, -0.15) is 5.10 Å². The summed E-state index contributed by atoms with van der Waals surface area (Å²) in [5.41, 5.74) is 5.26. The van der Waals surface area contributed by atoms with E-state index in [1.54, 1.807) is 17.0 Å². The number of amides is 1. The molecule has 0 aliphatic carbocycles. The fourth-order valence-electron chi connectivity index (χ4n) is 3.89. The first-order valence-corrected chi connectivity index (χ1v) is 9.74. The van der Waals surface area contributed by atoms with E-state index in [-0.39, 0.29) is 17.8 Å². The van der Waals surface area contributed by atoms with E-state index in [0.717, 1.165) is 35.3 Å². The topological polar surface area (TPSA) is 49.0 Å². The van der Waals surface area contributed by atoms with Gasteiger partial charge in [0.2, 0.25) is 0 Å². The number of rotatable bonds is 5. The number of nitrogens with one attached hydrogen (secondary N) is 1. The van der Waals surface area contributed by atoms with Gasteiger partial charge in [0.15, 0.2) is 5.69 Å². The number of hydrogen-bond acceptors (Lipinski definition) is 2. The Kier molecular flexibility index (Phi) is 4.75. The first-order chi connectivity index (χ1) is 13.5. The molecule has 0 bridgehead atoms. The number of aryl methyl sites for hydroxylation is 1. The lowest BCUT2D eigenvalue weighted by molar-refractivity contribution is 0.0988. The van der Waals surface area contributed by atoms with Gasteiger partial charge in [-0.3, -0.25) is 14.8 Å². The van der Waals surface area contributed by atoms with Crippen molar-refractivity contribution in [2.24, 2.45) is 5.92 Å². The molecule has 144 valence electrons. The number of aromatic nitrogens is 2. The maximum atomic E-state index is 13.5. The van der Waals surface area contributed by atoms with E-state index >= 15 is 0 Å². The zero-order valence-corrected chi connectivity index (χ0v) is 16.4. The summed E-state index contributed by atoms with van der Waals surface area (Å²) in [5, 5.41) is 7.41. The summed E-state index contributed by atoms with van der Waals surface area (Å²) in [6, 6.07) is 14.1. The Morgan fingerprint density at radius 3 is 2.39 bits per heavy atom. The molecular formula is C23H24FN3O. The van der Waals surface area contributed by atoms with Crippen molar-refractivity contribution in [2.45, 2.75) is 39.7 Å². The lowest BCUT2D eigenvalue weighted by Gasteiger charge is -2.27. The van der Waals surface area contributed by atoms with Gasteiger partial charge in [0, 0.05) is 16.9 Å². The third kappa shape index (κ3) is 3.11. The van der Waals surface area contributed by atoms with Crippen molar-refractivity contribution in [2.75, 3.05) is 4.90 Å². The molecule has 3 aromatic rings. The van der Waals surface area contributed by atoms with Crippen molar-refractivity contribution in [3.05, 3.63) is 82.4 Å². The minimum absolute atomic E-state index is 0.125. The normalized spacial score (nSPS) is 16.1. The molecule has 2 aromatic carbocycles. The third-order valence-corrected chi connectivity index (χ3v) is 5.26.